The number of para-hydroxylation sites is 1. The number of carbonyl (C=O) groups is 1. The fourth-order valence-corrected chi connectivity index (χ4v) is 2.54. The minimum absolute atomic E-state index is 0.0194. The van der Waals surface area contributed by atoms with Crippen molar-refractivity contribution in [3.63, 3.8) is 0 Å². The topological polar surface area (TPSA) is 64.4 Å². The van der Waals surface area contributed by atoms with Gasteiger partial charge in [-0.2, -0.15) is 13.2 Å². The first kappa shape index (κ1) is 19.5. The van der Waals surface area contributed by atoms with E-state index in [1.165, 1.54) is 12.1 Å². The number of benzene rings is 2. The number of nitrogens with zero attached hydrogens (tertiary/aromatic N) is 1. The zero-order valence-electron chi connectivity index (χ0n) is 15.1. The number of amides is 1. The number of carbonyl (C=O) groups excluding carboxylic acids is 1. The highest BCUT2D eigenvalue weighted by Gasteiger charge is 2.30. The molecule has 0 atom stereocenters. The van der Waals surface area contributed by atoms with Crippen LogP contribution in [0.25, 0.3) is 0 Å². The highest BCUT2D eigenvalue weighted by Crippen LogP contribution is 2.30. The zero-order valence-corrected chi connectivity index (χ0v) is 15.1. The van der Waals surface area contributed by atoms with Gasteiger partial charge in [-0.25, -0.2) is 0 Å². The molecule has 0 bridgehead atoms. The van der Waals surface area contributed by atoms with Gasteiger partial charge in [0.05, 0.1) is 11.1 Å². The minimum Gasteiger partial charge on any atom is -0.488 e. The van der Waals surface area contributed by atoms with Crippen molar-refractivity contribution < 1.29 is 27.2 Å². The third-order valence-corrected chi connectivity index (χ3v) is 4.14. The first-order chi connectivity index (χ1) is 13.3. The molecule has 8 heteroatoms. The van der Waals surface area contributed by atoms with Crippen LogP contribution < -0.4 is 10.1 Å². The Morgan fingerprint density at radius 3 is 2.43 bits per heavy atom. The van der Waals surface area contributed by atoms with Crippen LogP contribution in [-0.2, 0) is 12.8 Å². The molecule has 1 N–H and O–H groups in total. The van der Waals surface area contributed by atoms with Crippen molar-refractivity contribution >= 4 is 11.6 Å². The number of nitrogens with one attached hydrogen (secondary N) is 1. The fourth-order valence-electron chi connectivity index (χ4n) is 2.54. The highest BCUT2D eigenvalue weighted by atomic mass is 19.4. The fraction of sp³-hybridized carbons (Fsp3) is 0.200. The van der Waals surface area contributed by atoms with Crippen LogP contribution >= 0.6 is 0 Å². The maximum Gasteiger partial charge on any atom is 0.416 e. The van der Waals surface area contributed by atoms with Crippen LogP contribution in [0.5, 0.6) is 5.75 Å². The lowest BCUT2D eigenvalue weighted by atomic mass is 10.1. The van der Waals surface area contributed by atoms with E-state index in [9.17, 15) is 18.0 Å². The molecule has 1 amide bonds. The summed E-state index contributed by atoms with van der Waals surface area (Å²) in [7, 11) is 0. The molecule has 0 saturated carbocycles. The average Bonchev–Trinajstić information content (AvgIpc) is 3.01. The van der Waals surface area contributed by atoms with Crippen LogP contribution in [0.1, 0.15) is 32.9 Å². The largest absolute Gasteiger partial charge is 0.488 e. The number of rotatable bonds is 5. The number of anilines is 1. The van der Waals surface area contributed by atoms with E-state index < -0.39 is 17.6 Å². The Morgan fingerprint density at radius 2 is 1.79 bits per heavy atom. The highest BCUT2D eigenvalue weighted by molar-refractivity contribution is 6.03. The minimum atomic E-state index is -4.44. The van der Waals surface area contributed by atoms with Crippen LogP contribution in [-0.4, -0.2) is 11.1 Å². The maximum atomic E-state index is 12.6. The summed E-state index contributed by atoms with van der Waals surface area (Å²) in [5.74, 6) is 0.489. The molecule has 3 aromatic rings. The van der Waals surface area contributed by atoms with E-state index in [-0.39, 0.29) is 18.0 Å². The van der Waals surface area contributed by atoms with E-state index >= 15 is 0 Å². The third-order valence-electron chi connectivity index (χ3n) is 4.14. The van der Waals surface area contributed by atoms with Crippen molar-refractivity contribution in [3.05, 3.63) is 76.7 Å². The number of aryl methyl sites for hydroxylation is 2. The van der Waals surface area contributed by atoms with Crippen LogP contribution in [0.15, 0.2) is 53.1 Å². The number of aromatic nitrogens is 1. The van der Waals surface area contributed by atoms with Gasteiger partial charge in [0.15, 0.2) is 5.69 Å². The van der Waals surface area contributed by atoms with Crippen molar-refractivity contribution in [2.45, 2.75) is 26.6 Å². The lowest BCUT2D eigenvalue weighted by Gasteiger charge is -2.10. The second-order valence-electron chi connectivity index (χ2n) is 6.15. The predicted octanol–water partition coefficient (Wildman–Crippen LogP) is 5.14. The molecule has 2 aromatic carbocycles. The van der Waals surface area contributed by atoms with Crippen molar-refractivity contribution in [2.75, 3.05) is 5.32 Å². The first-order valence-electron chi connectivity index (χ1n) is 8.38. The molecular weight excluding hydrogens is 373 g/mol. The molecule has 0 spiro atoms. The molecule has 28 heavy (non-hydrogen) atoms. The van der Waals surface area contributed by atoms with Gasteiger partial charge in [0.25, 0.3) is 5.91 Å². The third kappa shape index (κ3) is 4.33. The molecule has 0 unspecified atom stereocenters. The number of alkyl halides is 3. The molecule has 0 radical (unpaired) electrons. The molecule has 146 valence electrons. The second kappa shape index (κ2) is 7.75. The van der Waals surface area contributed by atoms with Gasteiger partial charge in [0.1, 0.15) is 18.1 Å². The summed E-state index contributed by atoms with van der Waals surface area (Å²) in [5, 5.41) is 6.27. The van der Waals surface area contributed by atoms with Crippen molar-refractivity contribution in [2.24, 2.45) is 0 Å². The van der Waals surface area contributed by atoms with Crippen LogP contribution in [0.4, 0.5) is 18.9 Å². The van der Waals surface area contributed by atoms with Crippen LogP contribution in [0, 0.1) is 13.8 Å². The zero-order chi connectivity index (χ0) is 20.3. The molecule has 0 saturated heterocycles. The SMILES string of the molecule is Cc1ccccc1OCc1c(C(=O)Nc2ccc(C(F)(F)F)cc2)noc1C. The van der Waals surface area contributed by atoms with Crippen molar-refractivity contribution in [3.8, 4) is 5.75 Å². The Balaban J connectivity index is 1.73. The van der Waals surface area contributed by atoms with Gasteiger partial charge < -0.3 is 14.6 Å². The molecule has 5 nitrogen and oxygen atoms in total. The number of ether oxygens (including phenoxy) is 1. The molecule has 1 aromatic heterocycles. The Bertz CT molecular complexity index is 979. The van der Waals surface area contributed by atoms with E-state index in [4.69, 9.17) is 9.26 Å². The Hall–Kier alpha value is -3.29. The lowest BCUT2D eigenvalue weighted by molar-refractivity contribution is -0.137. The quantitative estimate of drug-likeness (QED) is 0.655. The molecular formula is C20H17F3N2O3. The van der Waals surface area contributed by atoms with Gasteiger partial charge in [-0.15, -0.1) is 0 Å². The Labute approximate surface area is 159 Å². The van der Waals surface area contributed by atoms with Gasteiger partial charge in [-0.05, 0) is 49.7 Å². The van der Waals surface area contributed by atoms with E-state index in [1.54, 1.807) is 13.0 Å². The Kier molecular flexibility index (Phi) is 5.39. The standard InChI is InChI=1S/C20H17F3N2O3/c1-12-5-3-4-6-17(12)27-11-16-13(2)28-25-18(16)19(26)24-15-9-7-14(8-10-15)20(21,22)23/h3-10H,11H2,1-2H3,(H,24,26). The number of halogens is 3. The van der Waals surface area contributed by atoms with Gasteiger partial charge in [0.2, 0.25) is 0 Å². The van der Waals surface area contributed by atoms with Gasteiger partial charge in [-0.3, -0.25) is 4.79 Å². The summed E-state index contributed by atoms with van der Waals surface area (Å²) in [6.07, 6.45) is -4.44. The summed E-state index contributed by atoms with van der Waals surface area (Å²) in [5.41, 5.74) is 0.838. The summed E-state index contributed by atoms with van der Waals surface area (Å²) < 4.78 is 48.7. The van der Waals surface area contributed by atoms with Crippen LogP contribution in [0.3, 0.4) is 0 Å². The Morgan fingerprint density at radius 1 is 1.11 bits per heavy atom. The predicted molar refractivity (Wildman–Crippen MR) is 96.1 cm³/mol. The average molecular weight is 390 g/mol. The first-order valence-corrected chi connectivity index (χ1v) is 8.38. The van der Waals surface area contributed by atoms with E-state index in [2.05, 4.69) is 10.5 Å². The van der Waals surface area contributed by atoms with Gasteiger partial charge in [-0.1, -0.05) is 23.4 Å². The van der Waals surface area contributed by atoms with E-state index in [0.717, 1.165) is 17.7 Å². The molecule has 0 fully saturated rings. The summed E-state index contributed by atoms with van der Waals surface area (Å²) in [4.78, 5) is 12.5. The summed E-state index contributed by atoms with van der Waals surface area (Å²) >= 11 is 0. The molecule has 0 aliphatic carbocycles. The normalized spacial score (nSPS) is 11.3. The molecule has 1 heterocycles. The van der Waals surface area contributed by atoms with Gasteiger partial charge >= 0.3 is 6.18 Å². The molecule has 0 aliphatic heterocycles. The molecule has 3 rings (SSSR count). The summed E-state index contributed by atoms with van der Waals surface area (Å²) in [6.45, 7) is 3.61. The monoisotopic (exact) mass is 390 g/mol. The molecule has 0 aliphatic rings. The lowest BCUT2D eigenvalue weighted by Crippen LogP contribution is -2.15. The van der Waals surface area contributed by atoms with E-state index in [1.807, 2.05) is 25.1 Å². The summed E-state index contributed by atoms with van der Waals surface area (Å²) in [6, 6.07) is 11.6. The van der Waals surface area contributed by atoms with Gasteiger partial charge in [0, 0.05) is 5.69 Å². The van der Waals surface area contributed by atoms with E-state index in [0.29, 0.717) is 17.1 Å². The number of hydrogen-bond acceptors (Lipinski definition) is 4. The van der Waals surface area contributed by atoms with Crippen molar-refractivity contribution in [1.82, 2.24) is 5.16 Å². The maximum absolute atomic E-state index is 12.6. The number of hydrogen-bond donors (Lipinski definition) is 1. The van der Waals surface area contributed by atoms with Crippen molar-refractivity contribution in [1.29, 1.82) is 0 Å². The van der Waals surface area contributed by atoms with Crippen LogP contribution in [0.2, 0.25) is 0 Å². The second-order valence-corrected chi connectivity index (χ2v) is 6.15. The smallest absolute Gasteiger partial charge is 0.416 e.